The highest BCUT2D eigenvalue weighted by atomic mass is 16.5. The molecule has 4 heteroatoms. The summed E-state index contributed by atoms with van der Waals surface area (Å²) >= 11 is 0. The maximum absolute atomic E-state index is 5.92. The average molecular weight is 286 g/mol. The lowest BCUT2D eigenvalue weighted by Crippen LogP contribution is -2.10. The SMILES string of the molecule is CN(C)c1ccc(N)c(OCCCOc2ccccc2)c1. The minimum absolute atomic E-state index is 0.577. The first-order chi connectivity index (χ1) is 10.2. The molecule has 0 saturated carbocycles. The molecule has 0 saturated heterocycles. The zero-order valence-electron chi connectivity index (χ0n) is 12.6. The molecular weight excluding hydrogens is 264 g/mol. The maximum Gasteiger partial charge on any atom is 0.144 e. The van der Waals surface area contributed by atoms with E-state index in [1.807, 2.05) is 67.5 Å². The van der Waals surface area contributed by atoms with Gasteiger partial charge in [0.1, 0.15) is 11.5 Å². The molecule has 0 aliphatic carbocycles. The van der Waals surface area contributed by atoms with E-state index in [1.165, 1.54) is 0 Å². The Bertz CT molecular complexity index is 556. The van der Waals surface area contributed by atoms with Crippen molar-refractivity contribution in [2.24, 2.45) is 0 Å². The molecule has 0 unspecified atom stereocenters. The van der Waals surface area contributed by atoms with E-state index in [0.717, 1.165) is 23.6 Å². The molecule has 0 amide bonds. The third kappa shape index (κ3) is 4.60. The summed E-state index contributed by atoms with van der Waals surface area (Å²) in [5.41, 5.74) is 7.65. The second-order valence-corrected chi connectivity index (χ2v) is 4.98. The Morgan fingerprint density at radius 1 is 0.952 bits per heavy atom. The highest BCUT2D eigenvalue weighted by Gasteiger charge is 2.04. The first kappa shape index (κ1) is 15.0. The topological polar surface area (TPSA) is 47.7 Å². The molecule has 0 fully saturated rings. The van der Waals surface area contributed by atoms with Gasteiger partial charge in [0.05, 0.1) is 18.9 Å². The van der Waals surface area contributed by atoms with Crippen LogP contribution in [0.3, 0.4) is 0 Å². The predicted octanol–water partition coefficient (Wildman–Crippen LogP) is 3.18. The largest absolute Gasteiger partial charge is 0.493 e. The number of nitrogens with two attached hydrogens (primary N) is 1. The van der Waals surface area contributed by atoms with Gasteiger partial charge in [-0.25, -0.2) is 0 Å². The van der Waals surface area contributed by atoms with Crippen LogP contribution in [-0.4, -0.2) is 27.3 Å². The molecule has 0 heterocycles. The van der Waals surface area contributed by atoms with Crippen molar-refractivity contribution in [3.8, 4) is 11.5 Å². The normalized spacial score (nSPS) is 10.2. The molecule has 0 atom stereocenters. The molecule has 0 bridgehead atoms. The Hall–Kier alpha value is -2.36. The van der Waals surface area contributed by atoms with Gasteiger partial charge >= 0.3 is 0 Å². The summed E-state index contributed by atoms with van der Waals surface area (Å²) in [4.78, 5) is 2.02. The molecule has 2 aromatic rings. The van der Waals surface area contributed by atoms with Crippen molar-refractivity contribution in [1.82, 2.24) is 0 Å². The van der Waals surface area contributed by atoms with Crippen molar-refractivity contribution in [3.05, 3.63) is 48.5 Å². The number of ether oxygens (including phenoxy) is 2. The van der Waals surface area contributed by atoms with Gasteiger partial charge in [-0.05, 0) is 24.3 Å². The van der Waals surface area contributed by atoms with E-state index in [1.54, 1.807) is 0 Å². The van der Waals surface area contributed by atoms with Gasteiger partial charge in [-0.3, -0.25) is 0 Å². The lowest BCUT2D eigenvalue weighted by Gasteiger charge is -2.15. The van der Waals surface area contributed by atoms with Crippen LogP contribution in [0.2, 0.25) is 0 Å². The van der Waals surface area contributed by atoms with E-state index >= 15 is 0 Å². The van der Waals surface area contributed by atoms with Crippen LogP contribution in [0.25, 0.3) is 0 Å². The van der Waals surface area contributed by atoms with Gasteiger partial charge in [0, 0.05) is 32.3 Å². The highest BCUT2D eigenvalue weighted by molar-refractivity contribution is 5.61. The van der Waals surface area contributed by atoms with Gasteiger partial charge < -0.3 is 20.1 Å². The standard InChI is InChI=1S/C17H22N2O2/c1-19(2)14-9-10-16(18)17(13-14)21-12-6-11-20-15-7-4-3-5-8-15/h3-5,7-10,13H,6,11-12,18H2,1-2H3. The summed E-state index contributed by atoms with van der Waals surface area (Å²) in [6.45, 7) is 1.20. The second-order valence-electron chi connectivity index (χ2n) is 4.98. The van der Waals surface area contributed by atoms with E-state index in [4.69, 9.17) is 15.2 Å². The quantitative estimate of drug-likeness (QED) is 0.627. The van der Waals surface area contributed by atoms with Crippen molar-refractivity contribution in [1.29, 1.82) is 0 Å². The molecule has 112 valence electrons. The summed E-state index contributed by atoms with van der Waals surface area (Å²) in [5, 5.41) is 0. The fourth-order valence-electron chi connectivity index (χ4n) is 1.87. The Kier molecular flexibility index (Phi) is 5.32. The Labute approximate surface area is 126 Å². The molecule has 0 aliphatic rings. The molecule has 21 heavy (non-hydrogen) atoms. The molecular formula is C17H22N2O2. The van der Waals surface area contributed by atoms with Crippen LogP contribution in [0, 0.1) is 0 Å². The van der Waals surface area contributed by atoms with Gasteiger partial charge in [0.2, 0.25) is 0 Å². The third-order valence-corrected chi connectivity index (χ3v) is 3.07. The van der Waals surface area contributed by atoms with Crippen LogP contribution in [0.1, 0.15) is 6.42 Å². The van der Waals surface area contributed by atoms with E-state index < -0.39 is 0 Å². The van der Waals surface area contributed by atoms with Crippen molar-refractivity contribution in [3.63, 3.8) is 0 Å². The van der Waals surface area contributed by atoms with Crippen LogP contribution < -0.4 is 20.1 Å². The lowest BCUT2D eigenvalue weighted by molar-refractivity contribution is 0.248. The molecule has 4 nitrogen and oxygen atoms in total. The number of para-hydroxylation sites is 1. The smallest absolute Gasteiger partial charge is 0.144 e. The number of anilines is 2. The molecule has 2 aromatic carbocycles. The van der Waals surface area contributed by atoms with Gasteiger partial charge in [0.25, 0.3) is 0 Å². The predicted molar refractivity (Wildman–Crippen MR) is 87.2 cm³/mol. The molecule has 0 aliphatic heterocycles. The zero-order valence-corrected chi connectivity index (χ0v) is 12.6. The number of hydrogen-bond donors (Lipinski definition) is 1. The number of nitrogen functional groups attached to an aromatic ring is 1. The Morgan fingerprint density at radius 2 is 1.67 bits per heavy atom. The first-order valence-electron chi connectivity index (χ1n) is 7.04. The third-order valence-electron chi connectivity index (χ3n) is 3.07. The van der Waals surface area contributed by atoms with E-state index in [0.29, 0.717) is 18.9 Å². The number of hydrogen-bond acceptors (Lipinski definition) is 4. The highest BCUT2D eigenvalue weighted by Crippen LogP contribution is 2.26. The molecule has 0 radical (unpaired) electrons. The summed E-state index contributed by atoms with van der Waals surface area (Å²) in [6, 6.07) is 15.6. The monoisotopic (exact) mass is 286 g/mol. The number of benzene rings is 2. The molecule has 0 spiro atoms. The van der Waals surface area contributed by atoms with Gasteiger partial charge in [-0.1, -0.05) is 18.2 Å². The van der Waals surface area contributed by atoms with E-state index in [9.17, 15) is 0 Å². The van der Waals surface area contributed by atoms with Crippen molar-refractivity contribution in [2.45, 2.75) is 6.42 Å². The molecule has 0 aromatic heterocycles. The van der Waals surface area contributed by atoms with Crippen LogP contribution >= 0.6 is 0 Å². The molecule has 2 N–H and O–H groups in total. The minimum atomic E-state index is 0.577. The summed E-state index contributed by atoms with van der Waals surface area (Å²) < 4.78 is 11.4. The van der Waals surface area contributed by atoms with Crippen LogP contribution in [0.15, 0.2) is 48.5 Å². The number of nitrogens with zero attached hydrogens (tertiary/aromatic N) is 1. The van der Waals surface area contributed by atoms with Crippen LogP contribution in [0.4, 0.5) is 11.4 Å². The molecule has 2 rings (SSSR count). The summed E-state index contributed by atoms with van der Waals surface area (Å²) in [7, 11) is 3.98. The summed E-state index contributed by atoms with van der Waals surface area (Å²) in [6.07, 6.45) is 0.806. The second kappa shape index (κ2) is 7.43. The van der Waals surface area contributed by atoms with Crippen molar-refractivity contribution >= 4 is 11.4 Å². The Balaban J connectivity index is 1.77. The van der Waals surface area contributed by atoms with Gasteiger partial charge in [-0.15, -0.1) is 0 Å². The maximum atomic E-state index is 5.92. The fraction of sp³-hybridized carbons (Fsp3) is 0.294. The summed E-state index contributed by atoms with van der Waals surface area (Å²) in [5.74, 6) is 1.60. The van der Waals surface area contributed by atoms with Gasteiger partial charge in [-0.2, -0.15) is 0 Å². The van der Waals surface area contributed by atoms with Crippen molar-refractivity contribution < 1.29 is 9.47 Å². The van der Waals surface area contributed by atoms with E-state index in [2.05, 4.69) is 0 Å². The van der Waals surface area contributed by atoms with E-state index in [-0.39, 0.29) is 0 Å². The van der Waals surface area contributed by atoms with Crippen LogP contribution in [0.5, 0.6) is 11.5 Å². The van der Waals surface area contributed by atoms with Crippen molar-refractivity contribution in [2.75, 3.05) is 37.9 Å². The lowest BCUT2D eigenvalue weighted by atomic mass is 10.2. The fourth-order valence-corrected chi connectivity index (χ4v) is 1.87. The van der Waals surface area contributed by atoms with Gasteiger partial charge in [0.15, 0.2) is 0 Å². The Morgan fingerprint density at radius 3 is 2.38 bits per heavy atom. The van der Waals surface area contributed by atoms with Crippen LogP contribution in [-0.2, 0) is 0 Å². The average Bonchev–Trinajstić information content (AvgIpc) is 2.49. The minimum Gasteiger partial charge on any atom is -0.493 e. The number of rotatable bonds is 7. The first-order valence-corrected chi connectivity index (χ1v) is 7.04. The zero-order chi connectivity index (χ0) is 15.1.